The molecule has 2 aliphatic rings. The fourth-order valence-electron chi connectivity index (χ4n) is 3.82. The van der Waals surface area contributed by atoms with Gasteiger partial charge in [0.05, 0.1) is 12.2 Å². The van der Waals surface area contributed by atoms with Gasteiger partial charge in [0, 0.05) is 32.6 Å². The van der Waals surface area contributed by atoms with Gasteiger partial charge in [-0.25, -0.2) is 0 Å². The third-order valence-corrected chi connectivity index (χ3v) is 5.14. The van der Waals surface area contributed by atoms with E-state index < -0.39 is 0 Å². The van der Waals surface area contributed by atoms with E-state index in [-0.39, 0.29) is 16.9 Å². The molecule has 0 atom stereocenters. The van der Waals surface area contributed by atoms with Gasteiger partial charge in [-0.15, -0.1) is 0 Å². The molecule has 1 amide bonds. The second-order valence-electron chi connectivity index (χ2n) is 7.68. The summed E-state index contributed by atoms with van der Waals surface area (Å²) in [4.78, 5) is 14.6. The van der Waals surface area contributed by atoms with Crippen molar-refractivity contribution < 1.29 is 9.53 Å². The Morgan fingerprint density at radius 3 is 2.64 bits per heavy atom. The van der Waals surface area contributed by atoms with Crippen LogP contribution in [0, 0.1) is 5.41 Å². The first-order valence-corrected chi connectivity index (χ1v) is 8.78. The Morgan fingerprint density at radius 1 is 1.27 bits per heavy atom. The summed E-state index contributed by atoms with van der Waals surface area (Å²) in [6.45, 7) is 9.14. The van der Waals surface area contributed by atoms with Crippen LogP contribution in [0.2, 0.25) is 0 Å². The minimum absolute atomic E-state index is 0.0588. The average Bonchev–Trinajstić information content (AvgIpc) is 2.47. The van der Waals surface area contributed by atoms with Crippen LogP contribution in [0.1, 0.15) is 52.4 Å². The largest absolute Gasteiger partial charge is 0.373 e. The van der Waals surface area contributed by atoms with Crippen LogP contribution in [0.5, 0.6) is 0 Å². The fraction of sp³-hybridized carbons (Fsp3) is 0.941. The highest BCUT2D eigenvalue weighted by atomic mass is 16.5. The van der Waals surface area contributed by atoms with Gasteiger partial charge >= 0.3 is 0 Å². The van der Waals surface area contributed by atoms with Crippen molar-refractivity contribution >= 4 is 5.91 Å². The van der Waals surface area contributed by atoms with Gasteiger partial charge in [-0.1, -0.05) is 19.3 Å². The van der Waals surface area contributed by atoms with Gasteiger partial charge in [0.25, 0.3) is 0 Å². The minimum Gasteiger partial charge on any atom is -0.373 e. The summed E-state index contributed by atoms with van der Waals surface area (Å²) in [6, 6.07) is 0. The molecule has 128 valence electrons. The number of ether oxygens (including phenoxy) is 1. The Morgan fingerprint density at radius 2 is 2.00 bits per heavy atom. The van der Waals surface area contributed by atoms with Crippen LogP contribution in [0.25, 0.3) is 0 Å². The zero-order chi connectivity index (χ0) is 16.1. The quantitative estimate of drug-likeness (QED) is 0.780. The van der Waals surface area contributed by atoms with Gasteiger partial charge in [0.2, 0.25) is 5.91 Å². The Bertz CT molecular complexity index is 365. The van der Waals surface area contributed by atoms with E-state index >= 15 is 0 Å². The molecule has 2 rings (SSSR count). The number of morpholine rings is 1. The smallest absolute Gasteiger partial charge is 0.220 e. The molecule has 22 heavy (non-hydrogen) atoms. The molecule has 0 radical (unpaired) electrons. The van der Waals surface area contributed by atoms with E-state index in [0.717, 1.165) is 45.6 Å². The van der Waals surface area contributed by atoms with Crippen molar-refractivity contribution in [2.24, 2.45) is 11.1 Å². The normalized spacial score (nSPS) is 24.9. The molecule has 1 aliphatic carbocycles. The van der Waals surface area contributed by atoms with Crippen molar-refractivity contribution in [3.05, 3.63) is 0 Å². The molecule has 2 fully saturated rings. The molecule has 0 unspecified atom stereocenters. The van der Waals surface area contributed by atoms with Crippen LogP contribution in [0.4, 0.5) is 0 Å². The van der Waals surface area contributed by atoms with Crippen molar-refractivity contribution in [2.75, 3.05) is 39.3 Å². The predicted octanol–water partition coefficient (Wildman–Crippen LogP) is 1.51. The second kappa shape index (κ2) is 7.75. The standard InChI is InChI=1S/C17H33N3O2/c1-16(2)14-20(10-11-22-16)9-8-19-15(21)12-17(13-18)6-4-3-5-7-17/h3-14,18H2,1-2H3,(H,19,21). The third-order valence-electron chi connectivity index (χ3n) is 5.14. The van der Waals surface area contributed by atoms with E-state index in [0.29, 0.717) is 13.0 Å². The Hall–Kier alpha value is -0.650. The maximum Gasteiger partial charge on any atom is 0.220 e. The number of carbonyl (C=O) groups is 1. The predicted molar refractivity (Wildman–Crippen MR) is 88.7 cm³/mol. The van der Waals surface area contributed by atoms with Gasteiger partial charge in [-0.2, -0.15) is 0 Å². The monoisotopic (exact) mass is 311 g/mol. The van der Waals surface area contributed by atoms with Crippen LogP contribution in [0.3, 0.4) is 0 Å². The summed E-state index contributed by atoms with van der Waals surface area (Å²) in [5.41, 5.74) is 5.94. The Balaban J connectivity index is 1.69. The van der Waals surface area contributed by atoms with E-state index in [2.05, 4.69) is 24.1 Å². The maximum absolute atomic E-state index is 12.2. The number of rotatable bonds is 6. The molecule has 5 nitrogen and oxygen atoms in total. The van der Waals surface area contributed by atoms with Crippen molar-refractivity contribution in [1.82, 2.24) is 10.2 Å². The fourth-order valence-corrected chi connectivity index (χ4v) is 3.82. The second-order valence-corrected chi connectivity index (χ2v) is 7.68. The SMILES string of the molecule is CC1(C)CN(CCNC(=O)CC2(CN)CCCCC2)CCO1. The highest BCUT2D eigenvalue weighted by Crippen LogP contribution is 2.38. The van der Waals surface area contributed by atoms with Gasteiger partial charge < -0.3 is 15.8 Å². The first-order chi connectivity index (χ1) is 10.4. The van der Waals surface area contributed by atoms with E-state index in [4.69, 9.17) is 10.5 Å². The van der Waals surface area contributed by atoms with Crippen LogP contribution in [0.15, 0.2) is 0 Å². The average molecular weight is 311 g/mol. The summed E-state index contributed by atoms with van der Waals surface area (Å²) in [6.07, 6.45) is 6.53. The molecule has 1 saturated carbocycles. The lowest BCUT2D eigenvalue weighted by molar-refractivity contribution is -0.124. The molecule has 0 aromatic carbocycles. The van der Waals surface area contributed by atoms with Gasteiger partial charge in [0.15, 0.2) is 0 Å². The van der Waals surface area contributed by atoms with Crippen molar-refractivity contribution in [2.45, 2.75) is 58.0 Å². The number of hydrogen-bond donors (Lipinski definition) is 2. The van der Waals surface area contributed by atoms with Gasteiger partial charge in [-0.05, 0) is 38.6 Å². The summed E-state index contributed by atoms with van der Waals surface area (Å²) in [5.74, 6) is 0.167. The lowest BCUT2D eigenvalue weighted by Gasteiger charge is -2.38. The van der Waals surface area contributed by atoms with Gasteiger partial charge in [0.1, 0.15) is 0 Å². The van der Waals surface area contributed by atoms with Gasteiger partial charge in [-0.3, -0.25) is 9.69 Å². The highest BCUT2D eigenvalue weighted by Gasteiger charge is 2.33. The van der Waals surface area contributed by atoms with E-state index in [1.165, 1.54) is 19.3 Å². The highest BCUT2D eigenvalue weighted by molar-refractivity contribution is 5.76. The van der Waals surface area contributed by atoms with Crippen molar-refractivity contribution in [3.8, 4) is 0 Å². The van der Waals surface area contributed by atoms with Crippen molar-refractivity contribution in [3.63, 3.8) is 0 Å². The van der Waals surface area contributed by atoms with E-state index in [1.54, 1.807) is 0 Å². The molecule has 5 heteroatoms. The molecular weight excluding hydrogens is 278 g/mol. The number of amides is 1. The first-order valence-electron chi connectivity index (χ1n) is 8.78. The molecule has 1 saturated heterocycles. The molecule has 0 spiro atoms. The Kier molecular flexibility index (Phi) is 6.24. The summed E-state index contributed by atoms with van der Waals surface area (Å²) in [7, 11) is 0. The number of nitrogens with one attached hydrogen (secondary N) is 1. The molecule has 0 aromatic heterocycles. The summed E-state index contributed by atoms with van der Waals surface area (Å²) >= 11 is 0. The minimum atomic E-state index is -0.0754. The van der Waals surface area contributed by atoms with Crippen LogP contribution in [-0.4, -0.2) is 55.7 Å². The molecular formula is C17H33N3O2. The van der Waals surface area contributed by atoms with E-state index in [1.807, 2.05) is 0 Å². The molecule has 1 aliphatic heterocycles. The molecule has 3 N–H and O–H groups in total. The first kappa shape index (κ1) is 17.7. The lowest BCUT2D eigenvalue weighted by atomic mass is 9.71. The molecule has 0 bridgehead atoms. The Labute approximate surface area is 134 Å². The molecule has 1 heterocycles. The van der Waals surface area contributed by atoms with Crippen molar-refractivity contribution in [1.29, 1.82) is 0 Å². The maximum atomic E-state index is 12.2. The molecule has 0 aromatic rings. The lowest BCUT2D eigenvalue weighted by Crippen LogP contribution is -2.50. The number of nitrogens with zero attached hydrogens (tertiary/aromatic N) is 1. The van der Waals surface area contributed by atoms with Crippen LogP contribution >= 0.6 is 0 Å². The zero-order valence-corrected chi connectivity index (χ0v) is 14.3. The zero-order valence-electron chi connectivity index (χ0n) is 14.3. The number of carbonyl (C=O) groups excluding carboxylic acids is 1. The summed E-state index contributed by atoms with van der Waals surface area (Å²) < 4.78 is 5.71. The third kappa shape index (κ3) is 5.21. The van der Waals surface area contributed by atoms with Crippen LogP contribution in [-0.2, 0) is 9.53 Å². The summed E-state index contributed by atoms with van der Waals surface area (Å²) in [5, 5.41) is 3.09. The van der Waals surface area contributed by atoms with E-state index in [9.17, 15) is 4.79 Å². The van der Waals surface area contributed by atoms with Crippen LogP contribution < -0.4 is 11.1 Å². The topological polar surface area (TPSA) is 67.6 Å². The number of hydrogen-bond acceptors (Lipinski definition) is 4. The number of nitrogens with two attached hydrogens (primary N) is 1.